The molecule has 11 heteroatoms. The number of aliphatic hydroxyl groups is 2. The molecule has 2 heterocycles. The molecule has 2 aliphatic rings. The van der Waals surface area contributed by atoms with Crippen molar-refractivity contribution < 1.29 is 38.6 Å². The zero-order valence-electron chi connectivity index (χ0n) is 11.6. The third-order valence-electron chi connectivity index (χ3n) is 3.51. The minimum atomic E-state index is -4.74. The number of carbonyl (C=O) groups excluding carboxylic acids is 1. The van der Waals surface area contributed by atoms with E-state index in [1.54, 1.807) is 6.92 Å². The minimum Gasteiger partial charge on any atom is -0.388 e. The van der Waals surface area contributed by atoms with E-state index in [2.05, 4.69) is 9.52 Å². The largest absolute Gasteiger partial charge is 0.469 e. The van der Waals surface area contributed by atoms with E-state index in [-0.39, 0.29) is 5.84 Å². The van der Waals surface area contributed by atoms with E-state index in [0.717, 1.165) is 0 Å². The highest BCUT2D eigenvalue weighted by molar-refractivity contribution is 7.46. The molecular weight excluding hydrogens is 319 g/mol. The van der Waals surface area contributed by atoms with Gasteiger partial charge in [-0.2, -0.15) is 4.99 Å². The number of rotatable bonds is 4. The number of aliphatic imine (C=N–C) groups is 1. The molecule has 0 radical (unpaired) electrons. The Labute approximate surface area is 125 Å². The van der Waals surface area contributed by atoms with E-state index in [1.165, 1.54) is 6.08 Å². The van der Waals surface area contributed by atoms with Gasteiger partial charge >= 0.3 is 7.82 Å². The zero-order chi connectivity index (χ0) is 16.7. The Balaban J connectivity index is 2.10. The number of hydrogen-bond acceptors (Lipinski definition) is 7. The Hall–Kier alpha value is -1.13. The molecule has 0 spiro atoms. The molecule has 0 aromatic rings. The van der Waals surface area contributed by atoms with Crippen LogP contribution in [0.15, 0.2) is 16.6 Å². The van der Waals surface area contributed by atoms with Gasteiger partial charge in [-0.15, -0.1) is 0 Å². The summed E-state index contributed by atoms with van der Waals surface area (Å²) in [6.07, 6.45) is -3.71. The summed E-state index contributed by atoms with van der Waals surface area (Å²) in [6, 6.07) is 0. The topological polar surface area (TPSA) is 172 Å². The van der Waals surface area contributed by atoms with E-state index < -0.39 is 50.7 Å². The van der Waals surface area contributed by atoms with Crippen molar-refractivity contribution in [1.82, 2.24) is 0 Å². The maximum absolute atomic E-state index is 11.9. The number of dihydropyridines is 1. The number of amides is 1. The van der Waals surface area contributed by atoms with Gasteiger partial charge < -0.3 is 30.5 Å². The van der Waals surface area contributed by atoms with Gasteiger partial charge in [0.25, 0.3) is 5.91 Å². The molecule has 2 aliphatic heterocycles. The molecular formula is C11H17N2O8P. The molecule has 1 fully saturated rings. The monoisotopic (exact) mass is 336 g/mol. The van der Waals surface area contributed by atoms with Crippen molar-refractivity contribution >= 4 is 19.6 Å². The maximum Gasteiger partial charge on any atom is 0.469 e. The summed E-state index contributed by atoms with van der Waals surface area (Å²) in [4.78, 5) is 32.8. The normalized spacial score (nSPS) is 36.2. The minimum absolute atomic E-state index is 0.0654. The summed E-state index contributed by atoms with van der Waals surface area (Å²) in [7, 11) is -4.74. The molecule has 10 nitrogen and oxygen atoms in total. The quantitative estimate of drug-likeness (QED) is 0.366. The first kappa shape index (κ1) is 17.2. The highest BCUT2D eigenvalue weighted by Gasteiger charge is 2.48. The fourth-order valence-corrected chi connectivity index (χ4v) is 2.67. The Bertz CT molecular complexity index is 570. The molecule has 0 aliphatic carbocycles. The summed E-state index contributed by atoms with van der Waals surface area (Å²) in [5.41, 5.74) is 6.05. The molecule has 1 saturated heterocycles. The van der Waals surface area contributed by atoms with E-state index in [0.29, 0.717) is 5.57 Å². The summed E-state index contributed by atoms with van der Waals surface area (Å²) >= 11 is 0. The van der Waals surface area contributed by atoms with Gasteiger partial charge in [-0.3, -0.25) is 9.32 Å². The third-order valence-corrected chi connectivity index (χ3v) is 4.00. The van der Waals surface area contributed by atoms with Gasteiger partial charge in [0.2, 0.25) is 0 Å². The molecule has 0 bridgehead atoms. The van der Waals surface area contributed by atoms with E-state index in [1.807, 2.05) is 0 Å². The lowest BCUT2D eigenvalue weighted by molar-refractivity contribution is -0.126. The molecule has 1 amide bonds. The van der Waals surface area contributed by atoms with Crippen LogP contribution in [-0.2, 0) is 18.6 Å². The van der Waals surface area contributed by atoms with E-state index in [4.69, 9.17) is 20.3 Å². The molecule has 2 rings (SSSR count). The number of carbonyl (C=O) groups is 1. The van der Waals surface area contributed by atoms with Crippen LogP contribution in [0.3, 0.4) is 0 Å². The number of hydrogen-bond donors (Lipinski definition) is 5. The summed E-state index contributed by atoms with van der Waals surface area (Å²) < 4.78 is 20.3. The van der Waals surface area contributed by atoms with Crippen LogP contribution in [-0.4, -0.2) is 62.8 Å². The molecule has 0 saturated carbocycles. The molecule has 1 unspecified atom stereocenters. The second-order valence-corrected chi connectivity index (χ2v) is 6.36. The first-order chi connectivity index (χ1) is 10.1. The zero-order valence-corrected chi connectivity index (χ0v) is 12.5. The predicted octanol–water partition coefficient (Wildman–Crippen LogP) is -1.96. The van der Waals surface area contributed by atoms with Gasteiger partial charge in [-0.05, 0) is 12.5 Å². The van der Waals surface area contributed by atoms with Crippen molar-refractivity contribution in [3.05, 3.63) is 11.6 Å². The molecule has 124 valence electrons. The highest BCUT2D eigenvalue weighted by Crippen LogP contribution is 2.38. The SMILES string of the molecule is CC1=C[C@H](C2O[C@H](COP(=O)(O)O)[C@@H](O)[C@H]2O)C(=O)N=C1N. The molecule has 0 aromatic heterocycles. The number of ether oxygens (including phenoxy) is 1. The van der Waals surface area contributed by atoms with Gasteiger partial charge in [0.05, 0.1) is 12.5 Å². The lowest BCUT2D eigenvalue weighted by atomic mass is 9.92. The van der Waals surface area contributed by atoms with Crippen LogP contribution < -0.4 is 5.73 Å². The lowest BCUT2D eigenvalue weighted by Crippen LogP contribution is -2.40. The summed E-state index contributed by atoms with van der Waals surface area (Å²) in [5, 5.41) is 19.9. The first-order valence-corrected chi connectivity index (χ1v) is 7.91. The molecule has 22 heavy (non-hydrogen) atoms. The van der Waals surface area contributed by atoms with Crippen molar-refractivity contribution in [3.8, 4) is 0 Å². The van der Waals surface area contributed by atoms with Crippen LogP contribution in [0.25, 0.3) is 0 Å². The fraction of sp³-hybridized carbons (Fsp3) is 0.636. The number of aliphatic hydroxyl groups excluding tert-OH is 2. The first-order valence-electron chi connectivity index (χ1n) is 6.38. The summed E-state index contributed by atoms with van der Waals surface area (Å²) in [6.45, 7) is 0.998. The molecule has 6 N–H and O–H groups in total. The van der Waals surface area contributed by atoms with Crippen LogP contribution in [0.2, 0.25) is 0 Å². The van der Waals surface area contributed by atoms with Gasteiger partial charge in [0.1, 0.15) is 30.3 Å². The van der Waals surface area contributed by atoms with Gasteiger partial charge in [0.15, 0.2) is 0 Å². The van der Waals surface area contributed by atoms with Gasteiger partial charge in [0, 0.05) is 0 Å². The maximum atomic E-state index is 11.9. The standard InChI is InChI=1S/C11H17N2O8P/c1-4-2-5(11(16)13-10(4)12)9-8(15)7(14)6(21-9)3-20-22(17,18)19/h2,5-9,14-15H,3H2,1H3,(H2,12,13,16)(H2,17,18,19)/t5-,6-,7-,8-,9?/m1/s1. The van der Waals surface area contributed by atoms with Crippen LogP contribution in [0.1, 0.15) is 6.92 Å². The van der Waals surface area contributed by atoms with Crippen molar-refractivity contribution in [3.63, 3.8) is 0 Å². The number of nitrogens with zero attached hydrogens (tertiary/aromatic N) is 1. The Morgan fingerprint density at radius 1 is 1.41 bits per heavy atom. The number of amidine groups is 1. The van der Waals surface area contributed by atoms with Crippen LogP contribution in [0, 0.1) is 5.92 Å². The number of phosphoric ester groups is 1. The fourth-order valence-electron chi connectivity index (χ4n) is 2.33. The van der Waals surface area contributed by atoms with E-state index in [9.17, 15) is 19.6 Å². The average molecular weight is 336 g/mol. The van der Waals surface area contributed by atoms with Crippen molar-refractivity contribution in [2.24, 2.45) is 16.6 Å². The number of nitrogens with two attached hydrogens (primary N) is 1. The predicted molar refractivity (Wildman–Crippen MR) is 72.5 cm³/mol. The van der Waals surface area contributed by atoms with Crippen LogP contribution >= 0.6 is 7.82 Å². The third kappa shape index (κ3) is 3.61. The summed E-state index contributed by atoms with van der Waals surface area (Å²) in [5.74, 6) is -1.51. The van der Waals surface area contributed by atoms with Crippen LogP contribution in [0.4, 0.5) is 0 Å². The smallest absolute Gasteiger partial charge is 0.388 e. The lowest BCUT2D eigenvalue weighted by Gasteiger charge is -2.23. The van der Waals surface area contributed by atoms with Crippen molar-refractivity contribution in [2.75, 3.05) is 6.61 Å². The Kier molecular flexibility index (Phi) is 4.83. The van der Waals surface area contributed by atoms with E-state index >= 15 is 0 Å². The molecule has 0 aromatic carbocycles. The average Bonchev–Trinajstić information content (AvgIpc) is 2.68. The molecule has 5 atom stereocenters. The van der Waals surface area contributed by atoms with Gasteiger partial charge in [-0.1, -0.05) is 6.08 Å². The van der Waals surface area contributed by atoms with Gasteiger partial charge in [-0.25, -0.2) is 4.57 Å². The van der Waals surface area contributed by atoms with Crippen molar-refractivity contribution in [2.45, 2.75) is 31.3 Å². The number of phosphoric acid groups is 1. The second-order valence-electron chi connectivity index (χ2n) is 5.12. The Morgan fingerprint density at radius 2 is 2.05 bits per heavy atom. The Morgan fingerprint density at radius 3 is 2.64 bits per heavy atom. The van der Waals surface area contributed by atoms with Crippen molar-refractivity contribution in [1.29, 1.82) is 0 Å². The van der Waals surface area contributed by atoms with Crippen LogP contribution in [0.5, 0.6) is 0 Å². The highest BCUT2D eigenvalue weighted by atomic mass is 31.2. The second kappa shape index (κ2) is 6.17.